The average Bonchev–Trinajstić information content (AvgIpc) is 3.12. The third-order valence-corrected chi connectivity index (χ3v) is 8.90. The third kappa shape index (κ3) is 2.79. The predicted octanol–water partition coefficient (Wildman–Crippen LogP) is 1.23. The maximum absolute atomic E-state index is 13.2. The van der Waals surface area contributed by atoms with Gasteiger partial charge in [0.1, 0.15) is 0 Å². The Morgan fingerprint density at radius 2 is 1.89 bits per heavy atom. The molecule has 2 saturated heterocycles. The van der Waals surface area contributed by atoms with Crippen LogP contribution in [0.5, 0.6) is 0 Å². The standard InChI is InChI=1S/C19H29N3O4S/c1-4-10-20(3)27(25,26)21-11-9-15-17(21)12(2)18(23)22(15)19(24)16-13-7-5-6-8-14(13)16/h5-6,12-17H,4,7-11H2,1-3H3/t12-,13-,14+,15-,16?,17+/m0/s1. The van der Waals surface area contributed by atoms with Crippen LogP contribution in [0.15, 0.2) is 12.2 Å². The van der Waals surface area contributed by atoms with Gasteiger partial charge in [-0.25, -0.2) is 0 Å². The smallest absolute Gasteiger partial charge is 0.277 e. The fraction of sp³-hybridized carbons (Fsp3) is 0.789. The first kappa shape index (κ1) is 19.1. The van der Waals surface area contributed by atoms with Gasteiger partial charge in [-0.3, -0.25) is 14.5 Å². The highest BCUT2D eigenvalue weighted by atomic mass is 32.2. The van der Waals surface area contributed by atoms with Gasteiger partial charge in [-0.2, -0.15) is 17.0 Å². The van der Waals surface area contributed by atoms with E-state index < -0.39 is 22.2 Å². The largest absolute Gasteiger partial charge is 0.282 e. The lowest BCUT2D eigenvalue weighted by atomic mass is 10.0. The number of carbonyl (C=O) groups is 2. The highest BCUT2D eigenvalue weighted by Gasteiger charge is 2.62. The van der Waals surface area contributed by atoms with Crippen LogP contribution < -0.4 is 0 Å². The summed E-state index contributed by atoms with van der Waals surface area (Å²) in [4.78, 5) is 27.5. The van der Waals surface area contributed by atoms with E-state index in [9.17, 15) is 18.0 Å². The quantitative estimate of drug-likeness (QED) is 0.518. The van der Waals surface area contributed by atoms with E-state index in [0.717, 1.165) is 19.3 Å². The Hall–Kier alpha value is -1.25. The minimum Gasteiger partial charge on any atom is -0.277 e. The molecule has 4 aliphatic rings. The second-order valence-corrected chi connectivity index (χ2v) is 10.4. The molecule has 2 amide bonds. The number of hydrogen-bond donors (Lipinski definition) is 0. The van der Waals surface area contributed by atoms with Crippen molar-refractivity contribution in [2.45, 2.75) is 51.6 Å². The van der Waals surface area contributed by atoms with Crippen molar-refractivity contribution >= 4 is 22.0 Å². The van der Waals surface area contributed by atoms with Crippen molar-refractivity contribution in [1.82, 2.24) is 13.5 Å². The summed E-state index contributed by atoms with van der Waals surface area (Å²) in [6.45, 7) is 4.51. The van der Waals surface area contributed by atoms with Crippen molar-refractivity contribution in [1.29, 1.82) is 0 Å². The van der Waals surface area contributed by atoms with Gasteiger partial charge in [-0.15, -0.1) is 0 Å². The Morgan fingerprint density at radius 3 is 2.48 bits per heavy atom. The topological polar surface area (TPSA) is 78.0 Å². The van der Waals surface area contributed by atoms with Crippen LogP contribution in [0.3, 0.4) is 0 Å². The van der Waals surface area contributed by atoms with Crippen LogP contribution in [-0.2, 0) is 19.8 Å². The number of rotatable bonds is 5. The minimum absolute atomic E-state index is 0.0664. The average molecular weight is 396 g/mol. The molecule has 0 aromatic heterocycles. The molecule has 0 spiro atoms. The van der Waals surface area contributed by atoms with Gasteiger partial charge >= 0.3 is 0 Å². The minimum atomic E-state index is -3.62. The van der Waals surface area contributed by atoms with Crippen molar-refractivity contribution in [3.63, 3.8) is 0 Å². The Morgan fingerprint density at radius 1 is 1.26 bits per heavy atom. The molecule has 27 heavy (non-hydrogen) atoms. The number of amides is 2. The van der Waals surface area contributed by atoms with Gasteiger partial charge in [0, 0.05) is 26.1 Å². The van der Waals surface area contributed by atoms with Gasteiger partial charge in [0.2, 0.25) is 11.8 Å². The Balaban J connectivity index is 1.55. The van der Waals surface area contributed by atoms with E-state index in [2.05, 4.69) is 12.2 Å². The molecule has 1 saturated carbocycles. The molecular formula is C19H29N3O4S. The van der Waals surface area contributed by atoms with Gasteiger partial charge in [0.05, 0.1) is 18.0 Å². The first-order chi connectivity index (χ1) is 12.8. The fourth-order valence-corrected chi connectivity index (χ4v) is 7.17. The lowest BCUT2D eigenvalue weighted by Crippen LogP contribution is -2.48. The molecular weight excluding hydrogens is 366 g/mol. The van der Waals surface area contributed by atoms with Crippen LogP contribution in [0, 0.1) is 23.7 Å². The zero-order valence-corrected chi connectivity index (χ0v) is 17.1. The van der Waals surface area contributed by atoms with E-state index in [4.69, 9.17) is 0 Å². The maximum Gasteiger partial charge on any atom is 0.282 e. The number of carbonyl (C=O) groups excluding carboxylic acids is 2. The number of nitrogens with zero attached hydrogens (tertiary/aromatic N) is 3. The van der Waals surface area contributed by atoms with Gasteiger partial charge in [0.15, 0.2) is 0 Å². The molecule has 7 nitrogen and oxygen atoms in total. The summed E-state index contributed by atoms with van der Waals surface area (Å²) in [6.07, 6.45) is 7.34. The molecule has 6 atom stereocenters. The van der Waals surface area contributed by atoms with E-state index in [-0.39, 0.29) is 23.8 Å². The van der Waals surface area contributed by atoms with Crippen molar-refractivity contribution in [2.24, 2.45) is 23.7 Å². The van der Waals surface area contributed by atoms with Crippen LogP contribution in [-0.4, -0.2) is 66.0 Å². The van der Waals surface area contributed by atoms with Crippen LogP contribution in [0.2, 0.25) is 0 Å². The number of fused-ring (bicyclic) bond motifs is 2. The van der Waals surface area contributed by atoms with Crippen LogP contribution in [0.1, 0.15) is 39.5 Å². The molecule has 0 aromatic rings. The van der Waals surface area contributed by atoms with Gasteiger partial charge in [-0.05, 0) is 37.5 Å². The molecule has 1 unspecified atom stereocenters. The van der Waals surface area contributed by atoms with Gasteiger partial charge in [-0.1, -0.05) is 26.0 Å². The van der Waals surface area contributed by atoms with Gasteiger partial charge < -0.3 is 0 Å². The Bertz CT molecular complexity index is 766. The van der Waals surface area contributed by atoms with Crippen LogP contribution in [0.25, 0.3) is 0 Å². The summed E-state index contributed by atoms with van der Waals surface area (Å²) in [6, 6.07) is -0.759. The predicted molar refractivity (Wildman–Crippen MR) is 101 cm³/mol. The second-order valence-electron chi connectivity index (χ2n) is 8.42. The monoisotopic (exact) mass is 395 g/mol. The molecule has 0 N–H and O–H groups in total. The molecule has 150 valence electrons. The molecule has 2 aliphatic heterocycles. The van der Waals surface area contributed by atoms with Crippen molar-refractivity contribution in [2.75, 3.05) is 20.1 Å². The van der Waals surface area contributed by atoms with Crippen molar-refractivity contribution < 1.29 is 18.0 Å². The summed E-state index contributed by atoms with van der Waals surface area (Å²) in [5.41, 5.74) is 0. The summed E-state index contributed by atoms with van der Waals surface area (Å²) in [5, 5.41) is 0. The molecule has 2 aliphatic carbocycles. The molecule has 2 heterocycles. The summed E-state index contributed by atoms with van der Waals surface area (Å²) < 4.78 is 28.8. The Labute approximate surface area is 161 Å². The number of imide groups is 1. The molecule has 0 radical (unpaired) electrons. The second kappa shape index (κ2) is 6.67. The molecule has 3 fully saturated rings. The van der Waals surface area contributed by atoms with E-state index >= 15 is 0 Å². The zero-order valence-electron chi connectivity index (χ0n) is 16.2. The SMILES string of the molecule is CCCN(C)S(=O)(=O)N1CC[C@H]2[C@H]1[C@H](C)C(=O)N2C(=O)C1[C@H]2CC=CC[C@@H]12. The number of allylic oxidation sites excluding steroid dienone is 2. The first-order valence-corrected chi connectivity index (χ1v) is 11.5. The highest BCUT2D eigenvalue weighted by Crippen LogP contribution is 2.55. The van der Waals surface area contributed by atoms with Crippen LogP contribution in [0.4, 0.5) is 0 Å². The lowest BCUT2D eigenvalue weighted by molar-refractivity contribution is -0.146. The zero-order chi connectivity index (χ0) is 19.5. The molecule has 0 aromatic carbocycles. The molecule has 0 bridgehead atoms. The fourth-order valence-electron chi connectivity index (χ4n) is 5.44. The van der Waals surface area contributed by atoms with E-state index in [1.54, 1.807) is 14.0 Å². The number of likely N-dealkylation sites (tertiary alicyclic amines) is 1. The summed E-state index contributed by atoms with van der Waals surface area (Å²) in [5.74, 6) is -0.0968. The summed E-state index contributed by atoms with van der Waals surface area (Å²) >= 11 is 0. The molecule has 4 rings (SSSR count). The Kier molecular flexibility index (Phi) is 4.71. The normalized spacial score (nSPS) is 38.4. The van der Waals surface area contributed by atoms with E-state index in [1.165, 1.54) is 13.5 Å². The van der Waals surface area contributed by atoms with Gasteiger partial charge in [0.25, 0.3) is 10.2 Å². The van der Waals surface area contributed by atoms with E-state index in [0.29, 0.717) is 31.3 Å². The maximum atomic E-state index is 13.2. The van der Waals surface area contributed by atoms with Crippen LogP contribution >= 0.6 is 0 Å². The van der Waals surface area contributed by atoms with Crippen molar-refractivity contribution in [3.05, 3.63) is 12.2 Å². The number of hydrogen-bond acceptors (Lipinski definition) is 4. The lowest BCUT2D eigenvalue weighted by Gasteiger charge is -2.29. The highest BCUT2D eigenvalue weighted by molar-refractivity contribution is 7.86. The first-order valence-electron chi connectivity index (χ1n) is 10.1. The van der Waals surface area contributed by atoms with Crippen molar-refractivity contribution in [3.8, 4) is 0 Å². The summed E-state index contributed by atoms with van der Waals surface area (Å²) in [7, 11) is -2.04. The third-order valence-electron chi connectivity index (χ3n) is 6.91. The van der Waals surface area contributed by atoms with E-state index in [1.807, 2.05) is 6.92 Å². The molecule has 8 heteroatoms.